The highest BCUT2D eigenvalue weighted by molar-refractivity contribution is 8.27. The molecule has 2 unspecified atom stereocenters. The summed E-state index contributed by atoms with van der Waals surface area (Å²) in [6.07, 6.45) is -3.89. The molecule has 0 aliphatic carbocycles. The summed E-state index contributed by atoms with van der Waals surface area (Å²) < 4.78 is 50.0. The molecule has 10 heteroatoms. The van der Waals surface area contributed by atoms with Gasteiger partial charge in [0.25, 0.3) is 5.24 Å². The van der Waals surface area contributed by atoms with Gasteiger partial charge in [-0.1, -0.05) is 24.3 Å². The third-order valence-electron chi connectivity index (χ3n) is 4.61. The van der Waals surface area contributed by atoms with E-state index in [1.165, 1.54) is 13.2 Å². The van der Waals surface area contributed by atoms with Crippen molar-refractivity contribution in [3.63, 3.8) is 0 Å². The molecule has 1 fully saturated rings. The molecule has 2 N–H and O–H groups in total. The number of thioether (sulfide) groups is 1. The average Bonchev–Trinajstić information content (AvgIpc) is 3.06. The van der Waals surface area contributed by atoms with Gasteiger partial charge in [-0.2, -0.15) is 13.2 Å². The van der Waals surface area contributed by atoms with Crippen LogP contribution >= 0.6 is 11.8 Å². The van der Waals surface area contributed by atoms with Crippen molar-refractivity contribution >= 4 is 28.2 Å². The predicted molar refractivity (Wildman–Crippen MR) is 115 cm³/mol. The predicted octanol–water partition coefficient (Wildman–Crippen LogP) is 4.73. The van der Waals surface area contributed by atoms with E-state index < -0.39 is 29.3 Å². The first-order valence-corrected chi connectivity index (χ1v) is 10.4. The van der Waals surface area contributed by atoms with Gasteiger partial charge in [0.2, 0.25) is 5.12 Å². The first-order valence-electron chi connectivity index (χ1n) is 9.60. The number of hydrogen-bond acceptors (Lipinski definition) is 6. The van der Waals surface area contributed by atoms with Crippen LogP contribution in [0, 0.1) is 0 Å². The van der Waals surface area contributed by atoms with Gasteiger partial charge in [0.05, 0.1) is 17.4 Å². The lowest BCUT2D eigenvalue weighted by molar-refractivity contribution is -0.137. The second kappa shape index (κ2) is 10.2. The van der Waals surface area contributed by atoms with Crippen LogP contribution in [0.25, 0.3) is 6.08 Å². The maximum Gasteiger partial charge on any atom is 0.416 e. The first-order chi connectivity index (χ1) is 15.2. The van der Waals surface area contributed by atoms with Gasteiger partial charge >= 0.3 is 6.18 Å². The Labute approximate surface area is 187 Å². The number of amides is 1. The number of ether oxygens (including phenoxy) is 2. The van der Waals surface area contributed by atoms with Crippen molar-refractivity contribution in [1.82, 2.24) is 10.6 Å². The topological polar surface area (TPSA) is 76.7 Å². The number of methoxy groups -OCH3 is 1. The first kappa shape index (κ1) is 23.8. The Bertz CT molecular complexity index is 1010. The van der Waals surface area contributed by atoms with Gasteiger partial charge in [0, 0.05) is 25.4 Å². The monoisotopic (exact) mass is 466 g/mol. The maximum atomic E-state index is 13.0. The van der Waals surface area contributed by atoms with E-state index in [9.17, 15) is 22.8 Å². The van der Waals surface area contributed by atoms with Crippen molar-refractivity contribution < 1.29 is 32.2 Å². The Morgan fingerprint density at radius 3 is 2.47 bits per heavy atom. The van der Waals surface area contributed by atoms with E-state index in [4.69, 9.17) is 9.47 Å². The van der Waals surface area contributed by atoms with Crippen LogP contribution in [-0.2, 0) is 15.7 Å². The molecule has 1 amide bonds. The lowest BCUT2D eigenvalue weighted by Crippen LogP contribution is -2.35. The van der Waals surface area contributed by atoms with Gasteiger partial charge in [-0.15, -0.1) is 0 Å². The molecule has 0 aromatic heterocycles. The van der Waals surface area contributed by atoms with Crippen LogP contribution in [0.15, 0.2) is 54.2 Å². The molecule has 2 aromatic rings. The molecule has 1 aliphatic heterocycles. The Hall–Kier alpha value is -2.82. The second-order valence-corrected chi connectivity index (χ2v) is 7.89. The van der Waals surface area contributed by atoms with Crippen LogP contribution in [0.2, 0.25) is 0 Å². The minimum atomic E-state index is -4.42. The molecule has 6 nitrogen and oxygen atoms in total. The van der Waals surface area contributed by atoms with Gasteiger partial charge in [0.15, 0.2) is 0 Å². The van der Waals surface area contributed by atoms with Crippen molar-refractivity contribution in [2.75, 3.05) is 13.7 Å². The summed E-state index contributed by atoms with van der Waals surface area (Å²) in [6, 6.07) is 11.9. The number of carbonyl (C=O) groups excluding carboxylic acids is 2. The van der Waals surface area contributed by atoms with E-state index in [0.717, 1.165) is 12.1 Å². The molecule has 32 heavy (non-hydrogen) atoms. The number of nitrogens with one attached hydrogen (secondary N) is 2. The molecule has 0 spiro atoms. The number of hydrogen-bond donors (Lipinski definition) is 2. The summed E-state index contributed by atoms with van der Waals surface area (Å²) in [4.78, 5) is 22.9. The summed E-state index contributed by atoms with van der Waals surface area (Å²) in [5, 5.41) is 4.83. The smallest absolute Gasteiger partial charge is 0.416 e. The molecule has 2 aromatic carbocycles. The summed E-state index contributed by atoms with van der Waals surface area (Å²) in [6.45, 7) is 2.00. The highest BCUT2D eigenvalue weighted by Gasteiger charge is 2.31. The van der Waals surface area contributed by atoms with E-state index in [1.54, 1.807) is 43.3 Å². The normalized spacial score (nSPS) is 17.3. The fourth-order valence-corrected chi connectivity index (χ4v) is 3.55. The molecule has 1 aliphatic rings. The number of alkyl halides is 3. The fourth-order valence-electron chi connectivity index (χ4n) is 3.00. The number of halogens is 3. The van der Waals surface area contributed by atoms with Crippen LogP contribution in [0.1, 0.15) is 29.7 Å². The molecule has 3 rings (SSSR count). The van der Waals surface area contributed by atoms with Gasteiger partial charge < -0.3 is 14.8 Å². The number of benzene rings is 2. The van der Waals surface area contributed by atoms with Gasteiger partial charge in [-0.05, 0) is 48.4 Å². The van der Waals surface area contributed by atoms with Crippen LogP contribution < -0.4 is 15.4 Å². The van der Waals surface area contributed by atoms with Crippen LogP contribution in [0.4, 0.5) is 18.0 Å². The standard InChI is InChI=1S/C22H21F3N2O4S/c1-13(26-12-19(30-2)15-4-3-5-16(11-15)22(23,24)25)31-17-8-6-14(7-9-17)10-18-20(28)32-21(29)27-18/h3-11,13,19,26H,12H2,1-2H3,(H,27,29). The Morgan fingerprint density at radius 1 is 1.16 bits per heavy atom. The van der Waals surface area contributed by atoms with E-state index in [-0.39, 0.29) is 17.4 Å². The second-order valence-electron chi connectivity index (χ2n) is 6.94. The Balaban J connectivity index is 1.56. The molecule has 0 saturated carbocycles. The molecular formula is C22H21F3N2O4S. The molecule has 1 saturated heterocycles. The highest BCUT2D eigenvalue weighted by Crippen LogP contribution is 2.31. The molecular weight excluding hydrogens is 445 g/mol. The zero-order chi connectivity index (χ0) is 23.3. The third-order valence-corrected chi connectivity index (χ3v) is 5.30. The number of carbonyl (C=O) groups is 2. The molecule has 0 radical (unpaired) electrons. The van der Waals surface area contributed by atoms with Crippen molar-refractivity contribution in [3.8, 4) is 5.75 Å². The summed E-state index contributed by atoms with van der Waals surface area (Å²) in [5.74, 6) is 0.552. The maximum absolute atomic E-state index is 13.0. The lowest BCUT2D eigenvalue weighted by Gasteiger charge is -2.22. The van der Waals surface area contributed by atoms with Crippen molar-refractivity contribution in [3.05, 3.63) is 70.9 Å². The zero-order valence-corrected chi connectivity index (χ0v) is 18.0. The van der Waals surface area contributed by atoms with Crippen molar-refractivity contribution in [1.29, 1.82) is 0 Å². The average molecular weight is 466 g/mol. The summed E-state index contributed by atoms with van der Waals surface area (Å²) in [7, 11) is 1.43. The van der Waals surface area contributed by atoms with Gasteiger partial charge in [0.1, 0.15) is 12.0 Å². The SMILES string of the molecule is COC(CNC(C)Oc1ccc(C=C2NC(=O)SC2=O)cc1)c1cccc(C(F)(F)F)c1. The molecule has 2 atom stereocenters. The van der Waals surface area contributed by atoms with E-state index in [0.29, 0.717) is 28.6 Å². The van der Waals surface area contributed by atoms with Crippen molar-refractivity contribution in [2.24, 2.45) is 0 Å². The zero-order valence-electron chi connectivity index (χ0n) is 17.2. The van der Waals surface area contributed by atoms with Crippen LogP contribution in [0.3, 0.4) is 0 Å². The Kier molecular flexibility index (Phi) is 7.60. The fraction of sp³-hybridized carbons (Fsp3) is 0.273. The largest absolute Gasteiger partial charge is 0.476 e. The van der Waals surface area contributed by atoms with Crippen LogP contribution in [0.5, 0.6) is 5.75 Å². The third kappa shape index (κ3) is 6.35. The van der Waals surface area contributed by atoms with E-state index >= 15 is 0 Å². The lowest BCUT2D eigenvalue weighted by atomic mass is 10.1. The van der Waals surface area contributed by atoms with Crippen LogP contribution in [-0.4, -0.2) is 30.2 Å². The minimum Gasteiger partial charge on any atom is -0.476 e. The van der Waals surface area contributed by atoms with Gasteiger partial charge in [-0.3, -0.25) is 14.9 Å². The van der Waals surface area contributed by atoms with E-state index in [1.807, 2.05) is 0 Å². The minimum absolute atomic E-state index is 0.226. The molecule has 0 bridgehead atoms. The summed E-state index contributed by atoms with van der Waals surface area (Å²) >= 11 is 0.613. The Morgan fingerprint density at radius 2 is 1.88 bits per heavy atom. The van der Waals surface area contributed by atoms with Crippen molar-refractivity contribution in [2.45, 2.75) is 25.4 Å². The van der Waals surface area contributed by atoms with Gasteiger partial charge in [-0.25, -0.2) is 0 Å². The molecule has 1 heterocycles. The highest BCUT2D eigenvalue weighted by atomic mass is 32.2. The quantitative estimate of drug-likeness (QED) is 0.433. The number of rotatable bonds is 8. The van der Waals surface area contributed by atoms with E-state index in [2.05, 4.69) is 10.6 Å². The summed E-state index contributed by atoms with van der Waals surface area (Å²) in [5.41, 5.74) is 0.622. The molecule has 170 valence electrons.